The summed E-state index contributed by atoms with van der Waals surface area (Å²) in [5.74, 6) is 0. The molecule has 0 saturated carbocycles. The number of halogens is 1. The Morgan fingerprint density at radius 2 is 1.48 bits per heavy atom. The minimum Gasteiger partial charge on any atom is -0.338 e. The summed E-state index contributed by atoms with van der Waals surface area (Å²) >= 11 is 5.95. The molecule has 0 aliphatic heterocycles. The molecular formula is C22H25ClN4O2. The van der Waals surface area contributed by atoms with Crippen LogP contribution in [-0.4, -0.2) is 22.9 Å². The highest BCUT2D eigenvalue weighted by atomic mass is 35.5. The van der Waals surface area contributed by atoms with Gasteiger partial charge in [-0.05, 0) is 41.0 Å². The van der Waals surface area contributed by atoms with E-state index < -0.39 is 0 Å². The molecule has 6 nitrogen and oxygen atoms in total. The van der Waals surface area contributed by atoms with Crippen molar-refractivity contribution in [1.82, 2.24) is 15.6 Å². The average Bonchev–Trinajstić information content (AvgIpc) is 3.21. The second-order valence-electron chi connectivity index (χ2n) is 6.84. The molecule has 0 atom stereocenters. The van der Waals surface area contributed by atoms with Gasteiger partial charge in [0.05, 0.1) is 0 Å². The summed E-state index contributed by atoms with van der Waals surface area (Å²) in [6.45, 7) is 2.87. The lowest BCUT2D eigenvalue weighted by Crippen LogP contribution is -2.29. The highest BCUT2D eigenvalue weighted by molar-refractivity contribution is 6.30. The lowest BCUT2D eigenvalue weighted by atomic mass is 10.0. The lowest BCUT2D eigenvalue weighted by Gasteiger charge is -2.08. The molecule has 3 aromatic rings. The van der Waals surface area contributed by atoms with Crippen LogP contribution in [0.1, 0.15) is 39.0 Å². The van der Waals surface area contributed by atoms with Crippen molar-refractivity contribution >= 4 is 23.3 Å². The van der Waals surface area contributed by atoms with Crippen molar-refractivity contribution in [1.29, 1.82) is 0 Å². The average molecular weight is 413 g/mol. The van der Waals surface area contributed by atoms with Crippen LogP contribution in [0.2, 0.25) is 5.02 Å². The van der Waals surface area contributed by atoms with Crippen molar-refractivity contribution in [2.24, 2.45) is 0 Å². The van der Waals surface area contributed by atoms with Crippen LogP contribution in [0, 0.1) is 0 Å². The van der Waals surface area contributed by atoms with E-state index in [-0.39, 0.29) is 6.03 Å². The number of rotatable bonds is 9. The molecule has 2 aromatic carbocycles. The molecule has 152 valence electrons. The third-order valence-corrected chi connectivity index (χ3v) is 4.84. The second-order valence-corrected chi connectivity index (χ2v) is 7.28. The zero-order valence-electron chi connectivity index (χ0n) is 16.5. The van der Waals surface area contributed by atoms with Crippen molar-refractivity contribution in [3.8, 4) is 22.5 Å². The molecule has 1 heterocycles. The summed E-state index contributed by atoms with van der Waals surface area (Å²) in [6.07, 6.45) is 5.83. The molecule has 0 saturated heterocycles. The summed E-state index contributed by atoms with van der Waals surface area (Å²) in [4.78, 5) is 12.0. The molecule has 2 N–H and O–H groups in total. The van der Waals surface area contributed by atoms with Crippen LogP contribution in [0.5, 0.6) is 0 Å². The first kappa shape index (κ1) is 20.9. The SMILES string of the molecule is CCCCCCCNC(=O)Nc1ccc(-c2nonc2-c2ccc(Cl)cc2)cc1. The van der Waals surface area contributed by atoms with Gasteiger partial charge >= 0.3 is 6.03 Å². The van der Waals surface area contributed by atoms with Gasteiger partial charge in [-0.1, -0.05) is 68.5 Å². The van der Waals surface area contributed by atoms with E-state index in [2.05, 4.69) is 27.9 Å². The number of hydrogen-bond acceptors (Lipinski definition) is 4. The highest BCUT2D eigenvalue weighted by Crippen LogP contribution is 2.30. The molecule has 0 aliphatic rings. The normalized spacial score (nSPS) is 10.7. The number of aromatic nitrogens is 2. The number of nitrogens with one attached hydrogen (secondary N) is 2. The van der Waals surface area contributed by atoms with Gasteiger partial charge in [-0.25, -0.2) is 9.42 Å². The Bertz CT molecular complexity index is 907. The van der Waals surface area contributed by atoms with Crippen molar-refractivity contribution in [2.45, 2.75) is 39.0 Å². The number of benzene rings is 2. The van der Waals surface area contributed by atoms with Gasteiger partial charge in [0.2, 0.25) is 0 Å². The summed E-state index contributed by atoms with van der Waals surface area (Å²) < 4.78 is 4.95. The maximum atomic E-state index is 12.0. The molecule has 0 radical (unpaired) electrons. The topological polar surface area (TPSA) is 80.0 Å². The number of unbranched alkanes of at least 4 members (excludes halogenated alkanes) is 4. The van der Waals surface area contributed by atoms with E-state index in [1.54, 1.807) is 12.1 Å². The first-order chi connectivity index (χ1) is 14.2. The molecule has 2 amide bonds. The Balaban J connectivity index is 1.56. The second kappa shape index (κ2) is 10.6. The van der Waals surface area contributed by atoms with Crippen molar-refractivity contribution in [2.75, 3.05) is 11.9 Å². The van der Waals surface area contributed by atoms with Crippen LogP contribution < -0.4 is 10.6 Å². The van der Waals surface area contributed by atoms with Crippen molar-refractivity contribution < 1.29 is 9.42 Å². The number of urea groups is 1. The maximum absolute atomic E-state index is 12.0. The van der Waals surface area contributed by atoms with E-state index in [4.69, 9.17) is 16.2 Å². The molecule has 29 heavy (non-hydrogen) atoms. The fourth-order valence-electron chi connectivity index (χ4n) is 2.99. The molecule has 0 spiro atoms. The summed E-state index contributed by atoms with van der Waals surface area (Å²) in [6, 6.07) is 14.5. The van der Waals surface area contributed by atoms with Gasteiger partial charge in [-0.15, -0.1) is 0 Å². The van der Waals surface area contributed by atoms with Gasteiger partial charge in [-0.2, -0.15) is 0 Å². The third kappa shape index (κ3) is 6.06. The smallest absolute Gasteiger partial charge is 0.319 e. The monoisotopic (exact) mass is 412 g/mol. The molecule has 0 aliphatic carbocycles. The Kier molecular flexibility index (Phi) is 7.64. The van der Waals surface area contributed by atoms with Crippen LogP contribution in [-0.2, 0) is 0 Å². The number of carbonyl (C=O) groups excluding carboxylic acids is 1. The van der Waals surface area contributed by atoms with E-state index in [0.29, 0.717) is 28.6 Å². The lowest BCUT2D eigenvalue weighted by molar-refractivity contribution is 0.252. The summed E-state index contributed by atoms with van der Waals surface area (Å²) in [5.41, 5.74) is 3.70. The van der Waals surface area contributed by atoms with Crippen LogP contribution in [0.15, 0.2) is 53.2 Å². The van der Waals surface area contributed by atoms with Gasteiger partial charge in [-0.3, -0.25) is 0 Å². The van der Waals surface area contributed by atoms with Crippen LogP contribution in [0.25, 0.3) is 22.5 Å². The number of hydrogen-bond donors (Lipinski definition) is 2. The Morgan fingerprint density at radius 3 is 2.10 bits per heavy atom. The van der Waals surface area contributed by atoms with E-state index in [9.17, 15) is 4.79 Å². The van der Waals surface area contributed by atoms with Crippen LogP contribution >= 0.6 is 11.6 Å². The first-order valence-electron chi connectivity index (χ1n) is 9.91. The van der Waals surface area contributed by atoms with Gasteiger partial charge in [0.25, 0.3) is 0 Å². The van der Waals surface area contributed by atoms with E-state index in [1.165, 1.54) is 19.3 Å². The summed E-state index contributed by atoms with van der Waals surface area (Å²) in [5, 5.41) is 14.4. The Labute approximate surface area is 175 Å². The largest absolute Gasteiger partial charge is 0.338 e. The molecule has 1 aromatic heterocycles. The fraction of sp³-hybridized carbons (Fsp3) is 0.318. The Hall–Kier alpha value is -2.86. The fourth-order valence-corrected chi connectivity index (χ4v) is 3.12. The molecule has 0 unspecified atom stereocenters. The van der Waals surface area contributed by atoms with Gasteiger partial charge in [0.1, 0.15) is 11.4 Å². The maximum Gasteiger partial charge on any atom is 0.319 e. The molecule has 7 heteroatoms. The van der Waals surface area contributed by atoms with E-state index >= 15 is 0 Å². The van der Waals surface area contributed by atoms with Crippen molar-refractivity contribution in [3.05, 3.63) is 53.6 Å². The number of amides is 2. The minimum atomic E-state index is -0.196. The quantitative estimate of drug-likeness (QED) is 0.413. The van der Waals surface area contributed by atoms with Crippen molar-refractivity contribution in [3.63, 3.8) is 0 Å². The molecular weight excluding hydrogens is 388 g/mol. The minimum absolute atomic E-state index is 0.196. The van der Waals surface area contributed by atoms with Crippen LogP contribution in [0.4, 0.5) is 10.5 Å². The first-order valence-corrected chi connectivity index (χ1v) is 10.3. The number of anilines is 1. The molecule has 0 fully saturated rings. The molecule has 3 rings (SSSR count). The van der Waals surface area contributed by atoms with Gasteiger partial charge in [0.15, 0.2) is 0 Å². The Morgan fingerprint density at radius 1 is 0.897 bits per heavy atom. The summed E-state index contributed by atoms with van der Waals surface area (Å²) in [7, 11) is 0. The predicted molar refractivity (Wildman–Crippen MR) is 116 cm³/mol. The van der Waals surface area contributed by atoms with Gasteiger partial charge in [0, 0.05) is 28.4 Å². The zero-order chi connectivity index (χ0) is 20.5. The highest BCUT2D eigenvalue weighted by Gasteiger charge is 2.14. The zero-order valence-corrected chi connectivity index (χ0v) is 17.2. The predicted octanol–water partition coefficient (Wildman–Crippen LogP) is 6.15. The number of carbonyl (C=O) groups is 1. The number of nitrogens with zero attached hydrogens (tertiary/aromatic N) is 2. The standard InChI is InChI=1S/C22H25ClN4O2/c1-2-3-4-5-6-15-24-22(28)25-19-13-9-17(10-14-19)21-20(26-29-27-21)16-7-11-18(23)12-8-16/h7-14H,2-6,15H2,1H3,(H2,24,25,28). The van der Waals surface area contributed by atoms with E-state index in [1.807, 2.05) is 36.4 Å². The van der Waals surface area contributed by atoms with Crippen LogP contribution in [0.3, 0.4) is 0 Å². The molecule has 0 bridgehead atoms. The third-order valence-electron chi connectivity index (χ3n) is 4.59. The van der Waals surface area contributed by atoms with Gasteiger partial charge < -0.3 is 10.6 Å². The van der Waals surface area contributed by atoms with E-state index in [0.717, 1.165) is 24.0 Å².